The molecule has 0 fully saturated rings. The van der Waals surface area contributed by atoms with Gasteiger partial charge >= 0.3 is 0 Å². The molecule has 0 spiro atoms. The van der Waals surface area contributed by atoms with Crippen LogP contribution in [0.3, 0.4) is 0 Å². The molecule has 5 nitrogen and oxygen atoms in total. The largest absolute Gasteiger partial charge is 0.409 e. The van der Waals surface area contributed by atoms with Crippen molar-refractivity contribution in [3.05, 3.63) is 24.0 Å². The number of pyridine rings is 1. The Labute approximate surface area is 95.6 Å². The Balaban J connectivity index is 2.98. The van der Waals surface area contributed by atoms with Crippen LogP contribution in [0.15, 0.2) is 23.5 Å². The molecule has 0 aliphatic heterocycles. The van der Waals surface area contributed by atoms with Crippen LogP contribution in [0.1, 0.15) is 26.0 Å². The second-order valence-corrected chi connectivity index (χ2v) is 3.75. The Kier molecular flexibility index (Phi) is 4.10. The summed E-state index contributed by atoms with van der Waals surface area (Å²) in [6.07, 6.45) is 2.71. The van der Waals surface area contributed by atoms with E-state index >= 15 is 0 Å². The lowest BCUT2D eigenvalue weighted by atomic mass is 10.2. The number of aromatic nitrogens is 1. The van der Waals surface area contributed by atoms with Crippen molar-refractivity contribution in [1.29, 1.82) is 0 Å². The second kappa shape index (κ2) is 5.34. The van der Waals surface area contributed by atoms with Gasteiger partial charge in [0.25, 0.3) is 0 Å². The average molecular weight is 222 g/mol. The van der Waals surface area contributed by atoms with Gasteiger partial charge in [-0.15, -0.1) is 0 Å². The first-order chi connectivity index (χ1) is 7.60. The lowest BCUT2D eigenvalue weighted by Gasteiger charge is -2.26. The molecule has 5 heteroatoms. The van der Waals surface area contributed by atoms with E-state index < -0.39 is 0 Å². The van der Waals surface area contributed by atoms with Gasteiger partial charge in [-0.3, -0.25) is 4.98 Å². The van der Waals surface area contributed by atoms with Crippen molar-refractivity contribution < 1.29 is 5.21 Å². The quantitative estimate of drug-likeness (QED) is 0.349. The average Bonchev–Trinajstić information content (AvgIpc) is 2.36. The maximum absolute atomic E-state index is 8.58. The van der Waals surface area contributed by atoms with E-state index in [1.807, 2.05) is 13.1 Å². The molecule has 1 rings (SSSR count). The maximum atomic E-state index is 8.58. The summed E-state index contributed by atoms with van der Waals surface area (Å²) in [5.41, 5.74) is 6.98. The molecule has 0 saturated carbocycles. The topological polar surface area (TPSA) is 74.7 Å². The van der Waals surface area contributed by atoms with Crippen LogP contribution in [0.4, 0.5) is 5.69 Å². The lowest BCUT2D eigenvalue weighted by Crippen LogP contribution is -2.28. The van der Waals surface area contributed by atoms with Gasteiger partial charge in [0.1, 0.15) is 5.69 Å². The van der Waals surface area contributed by atoms with E-state index in [9.17, 15) is 0 Å². The van der Waals surface area contributed by atoms with E-state index in [4.69, 9.17) is 10.9 Å². The predicted octanol–water partition coefficient (Wildman–Crippen LogP) is 1.41. The Morgan fingerprint density at radius 3 is 2.94 bits per heavy atom. The molecule has 88 valence electrons. The van der Waals surface area contributed by atoms with Crippen LogP contribution in [-0.2, 0) is 0 Å². The molecule has 1 atom stereocenters. The summed E-state index contributed by atoms with van der Waals surface area (Å²) < 4.78 is 0. The minimum absolute atomic E-state index is 0.0272. The van der Waals surface area contributed by atoms with Crippen LogP contribution in [0.25, 0.3) is 0 Å². The van der Waals surface area contributed by atoms with Gasteiger partial charge in [0.15, 0.2) is 5.84 Å². The summed E-state index contributed by atoms with van der Waals surface area (Å²) >= 11 is 0. The van der Waals surface area contributed by atoms with Gasteiger partial charge in [0, 0.05) is 25.0 Å². The summed E-state index contributed by atoms with van der Waals surface area (Å²) in [7, 11) is 2.01. The molecule has 1 heterocycles. The predicted molar refractivity (Wildman–Crippen MR) is 64.9 cm³/mol. The highest BCUT2D eigenvalue weighted by atomic mass is 16.4. The van der Waals surface area contributed by atoms with Gasteiger partial charge in [-0.1, -0.05) is 12.1 Å². The molecule has 0 aromatic carbocycles. The fourth-order valence-electron chi connectivity index (χ4n) is 1.36. The minimum Gasteiger partial charge on any atom is -0.409 e. The zero-order valence-electron chi connectivity index (χ0n) is 9.88. The molecule has 0 radical (unpaired) electrons. The van der Waals surface area contributed by atoms with Crippen LogP contribution in [0.5, 0.6) is 0 Å². The normalized spacial score (nSPS) is 13.6. The highest BCUT2D eigenvalue weighted by molar-refractivity contribution is 5.95. The number of anilines is 1. The van der Waals surface area contributed by atoms with Gasteiger partial charge in [-0.2, -0.15) is 0 Å². The molecule has 1 aromatic rings. The Bertz CT molecular complexity index is 378. The van der Waals surface area contributed by atoms with Crippen molar-refractivity contribution in [3.63, 3.8) is 0 Å². The van der Waals surface area contributed by atoms with Gasteiger partial charge in [-0.25, -0.2) is 0 Å². The number of nitrogens with two attached hydrogens (primary N) is 1. The summed E-state index contributed by atoms with van der Waals surface area (Å²) in [4.78, 5) is 6.17. The zero-order valence-corrected chi connectivity index (χ0v) is 9.88. The van der Waals surface area contributed by atoms with Gasteiger partial charge in [0.05, 0.1) is 0 Å². The third-order valence-electron chi connectivity index (χ3n) is 2.77. The van der Waals surface area contributed by atoms with Crippen LogP contribution < -0.4 is 10.6 Å². The Hall–Kier alpha value is -1.78. The molecule has 3 N–H and O–H groups in total. The SMILES string of the molecule is CCC(C)N(C)c1ccnc(C(N)=NO)c1. The molecule has 0 saturated heterocycles. The van der Waals surface area contributed by atoms with Crippen LogP contribution >= 0.6 is 0 Å². The molecule has 0 aliphatic rings. The van der Waals surface area contributed by atoms with Crippen LogP contribution in [0, 0.1) is 0 Å². The monoisotopic (exact) mass is 222 g/mol. The van der Waals surface area contributed by atoms with E-state index in [2.05, 4.69) is 28.9 Å². The smallest absolute Gasteiger partial charge is 0.188 e. The van der Waals surface area contributed by atoms with Gasteiger partial charge in [0.2, 0.25) is 0 Å². The fourth-order valence-corrected chi connectivity index (χ4v) is 1.36. The number of nitrogens with zero attached hydrogens (tertiary/aromatic N) is 3. The van der Waals surface area contributed by atoms with E-state index in [0.29, 0.717) is 11.7 Å². The van der Waals surface area contributed by atoms with E-state index in [1.54, 1.807) is 12.3 Å². The molecule has 1 unspecified atom stereocenters. The van der Waals surface area contributed by atoms with Crippen molar-refractivity contribution in [1.82, 2.24) is 4.98 Å². The summed E-state index contributed by atoms with van der Waals surface area (Å²) in [5.74, 6) is 0.0272. The van der Waals surface area contributed by atoms with Gasteiger partial charge in [-0.05, 0) is 25.5 Å². The van der Waals surface area contributed by atoms with E-state index in [0.717, 1.165) is 12.1 Å². The van der Waals surface area contributed by atoms with Gasteiger partial charge < -0.3 is 15.8 Å². The first kappa shape index (κ1) is 12.3. The van der Waals surface area contributed by atoms with Crippen molar-refractivity contribution in [2.75, 3.05) is 11.9 Å². The highest BCUT2D eigenvalue weighted by Crippen LogP contribution is 2.16. The molecule has 16 heavy (non-hydrogen) atoms. The first-order valence-electron chi connectivity index (χ1n) is 5.27. The van der Waals surface area contributed by atoms with Crippen LogP contribution in [0.2, 0.25) is 0 Å². The third-order valence-corrected chi connectivity index (χ3v) is 2.77. The number of rotatable bonds is 4. The van der Waals surface area contributed by atoms with Crippen molar-refractivity contribution in [2.45, 2.75) is 26.3 Å². The lowest BCUT2D eigenvalue weighted by molar-refractivity contribution is 0.318. The minimum atomic E-state index is 0.0272. The molecule has 0 bridgehead atoms. The number of hydrogen-bond acceptors (Lipinski definition) is 4. The number of amidine groups is 1. The Morgan fingerprint density at radius 2 is 2.38 bits per heavy atom. The summed E-state index contributed by atoms with van der Waals surface area (Å²) in [6.45, 7) is 4.27. The maximum Gasteiger partial charge on any atom is 0.188 e. The van der Waals surface area contributed by atoms with Crippen molar-refractivity contribution in [2.24, 2.45) is 10.9 Å². The standard InChI is InChI=1S/C11H18N4O/c1-4-8(2)15(3)9-5-6-13-10(7-9)11(12)14-16/h5-8,16H,4H2,1-3H3,(H2,12,14). The molecule has 1 aromatic heterocycles. The Morgan fingerprint density at radius 1 is 1.69 bits per heavy atom. The van der Waals surface area contributed by atoms with E-state index in [-0.39, 0.29) is 5.84 Å². The van der Waals surface area contributed by atoms with E-state index in [1.165, 1.54) is 0 Å². The van der Waals surface area contributed by atoms with Crippen molar-refractivity contribution >= 4 is 11.5 Å². The summed E-state index contributed by atoms with van der Waals surface area (Å²) in [6, 6.07) is 4.14. The van der Waals surface area contributed by atoms with Crippen LogP contribution in [-0.4, -0.2) is 29.1 Å². The summed E-state index contributed by atoms with van der Waals surface area (Å²) in [5, 5.41) is 11.5. The fraction of sp³-hybridized carbons (Fsp3) is 0.455. The molecular weight excluding hydrogens is 204 g/mol. The van der Waals surface area contributed by atoms with Crippen molar-refractivity contribution in [3.8, 4) is 0 Å². The number of hydrogen-bond donors (Lipinski definition) is 2. The first-order valence-corrected chi connectivity index (χ1v) is 5.27. The third kappa shape index (κ3) is 2.62. The zero-order chi connectivity index (χ0) is 12.1. The highest BCUT2D eigenvalue weighted by Gasteiger charge is 2.09. The number of oxime groups is 1. The second-order valence-electron chi connectivity index (χ2n) is 3.75. The molecular formula is C11H18N4O. The molecule has 0 aliphatic carbocycles. The molecule has 0 amide bonds.